The Kier molecular flexibility index (Phi) is 4.09. The third-order valence-electron chi connectivity index (χ3n) is 2.87. The van der Waals surface area contributed by atoms with Gasteiger partial charge in [0.15, 0.2) is 0 Å². The molecule has 5 nitrogen and oxygen atoms in total. The molecule has 0 radical (unpaired) electrons. The van der Waals surface area contributed by atoms with E-state index in [1.165, 1.54) is 0 Å². The number of carbonyl (C=O) groups excluding carboxylic acids is 1. The second kappa shape index (κ2) is 5.61. The zero-order valence-corrected chi connectivity index (χ0v) is 12.1. The van der Waals surface area contributed by atoms with Crippen LogP contribution in [-0.4, -0.2) is 28.3 Å². The van der Waals surface area contributed by atoms with Gasteiger partial charge in [-0.15, -0.1) is 0 Å². The number of nitrogens with one attached hydrogen (secondary N) is 1. The molecular weight excluding hydrogens is 262 g/mol. The molecular formula is C13H17N3O2S. The summed E-state index contributed by atoms with van der Waals surface area (Å²) in [6, 6.07) is 1.81. The Morgan fingerprint density at radius 3 is 2.89 bits per heavy atom. The molecule has 2 heterocycles. The molecule has 1 N–H and O–H groups in total. The normalized spacial score (nSPS) is 11.2. The van der Waals surface area contributed by atoms with Crippen molar-refractivity contribution in [3.05, 3.63) is 23.0 Å². The number of nitrogens with zero attached hydrogens (tertiary/aromatic N) is 2. The molecule has 0 aliphatic carbocycles. The van der Waals surface area contributed by atoms with Crippen molar-refractivity contribution >= 4 is 29.6 Å². The molecule has 1 amide bonds. The topological polar surface area (TPSA) is 68.0 Å². The van der Waals surface area contributed by atoms with E-state index in [2.05, 4.69) is 28.1 Å². The monoisotopic (exact) mass is 279 g/mol. The fourth-order valence-corrected chi connectivity index (χ4v) is 1.97. The van der Waals surface area contributed by atoms with E-state index in [9.17, 15) is 4.79 Å². The van der Waals surface area contributed by atoms with Crippen LogP contribution in [0.25, 0.3) is 11.1 Å². The highest BCUT2D eigenvalue weighted by Crippen LogP contribution is 2.24. The van der Waals surface area contributed by atoms with E-state index in [0.29, 0.717) is 34.7 Å². The van der Waals surface area contributed by atoms with Crippen molar-refractivity contribution in [2.24, 2.45) is 0 Å². The van der Waals surface area contributed by atoms with Crippen LogP contribution < -0.4 is 5.32 Å². The number of thiol groups is 1. The molecule has 0 unspecified atom stereocenters. The van der Waals surface area contributed by atoms with E-state index in [1.54, 1.807) is 6.92 Å². The van der Waals surface area contributed by atoms with Gasteiger partial charge in [0.2, 0.25) is 0 Å². The molecule has 0 spiro atoms. The Labute approximate surface area is 117 Å². The highest BCUT2D eigenvalue weighted by molar-refractivity contribution is 7.80. The number of carbonyl (C=O) groups is 1. The number of amides is 1. The molecule has 0 saturated heterocycles. The standard InChI is InChI=1S/C13H17N3O2S/c1-7(2)10-6-9(12(17)14-4-5-19)11-8(3)16-18-13(11)15-10/h6-7,19H,4-5H2,1-3H3,(H,14,17). The summed E-state index contributed by atoms with van der Waals surface area (Å²) in [5, 5.41) is 7.38. The summed E-state index contributed by atoms with van der Waals surface area (Å²) in [6.45, 7) is 6.37. The van der Waals surface area contributed by atoms with Crippen molar-refractivity contribution in [1.29, 1.82) is 0 Å². The van der Waals surface area contributed by atoms with Crippen LogP contribution >= 0.6 is 12.6 Å². The summed E-state index contributed by atoms with van der Waals surface area (Å²) in [5.74, 6) is 0.667. The highest BCUT2D eigenvalue weighted by atomic mass is 32.1. The lowest BCUT2D eigenvalue weighted by atomic mass is 10.0. The summed E-state index contributed by atoms with van der Waals surface area (Å²) in [6.07, 6.45) is 0. The summed E-state index contributed by atoms with van der Waals surface area (Å²) in [4.78, 5) is 16.6. The lowest BCUT2D eigenvalue weighted by Gasteiger charge is -2.08. The first kappa shape index (κ1) is 13.9. The van der Waals surface area contributed by atoms with Gasteiger partial charge in [0, 0.05) is 18.0 Å². The minimum atomic E-state index is -0.144. The Hall–Kier alpha value is -1.56. The quantitative estimate of drug-likeness (QED) is 0.843. The first-order valence-corrected chi connectivity index (χ1v) is 6.83. The van der Waals surface area contributed by atoms with Crippen LogP contribution in [0.4, 0.5) is 0 Å². The Morgan fingerprint density at radius 1 is 1.53 bits per heavy atom. The van der Waals surface area contributed by atoms with Gasteiger partial charge in [0.25, 0.3) is 11.6 Å². The van der Waals surface area contributed by atoms with E-state index in [1.807, 2.05) is 19.9 Å². The molecule has 0 aliphatic rings. The van der Waals surface area contributed by atoms with Crippen molar-refractivity contribution in [3.63, 3.8) is 0 Å². The van der Waals surface area contributed by atoms with Gasteiger partial charge in [0.05, 0.1) is 16.6 Å². The zero-order valence-electron chi connectivity index (χ0n) is 11.2. The molecule has 0 saturated carbocycles. The van der Waals surface area contributed by atoms with E-state index in [-0.39, 0.29) is 11.8 Å². The maximum absolute atomic E-state index is 12.2. The molecule has 2 rings (SSSR count). The lowest BCUT2D eigenvalue weighted by Crippen LogP contribution is -2.25. The molecule has 2 aromatic rings. The number of rotatable bonds is 4. The third-order valence-corrected chi connectivity index (χ3v) is 3.09. The van der Waals surface area contributed by atoms with Crippen LogP contribution in [0, 0.1) is 6.92 Å². The van der Waals surface area contributed by atoms with E-state index in [4.69, 9.17) is 4.52 Å². The number of hydrogen-bond donors (Lipinski definition) is 2. The summed E-state index contributed by atoms with van der Waals surface area (Å²) < 4.78 is 5.18. The van der Waals surface area contributed by atoms with Crippen molar-refractivity contribution in [1.82, 2.24) is 15.5 Å². The highest BCUT2D eigenvalue weighted by Gasteiger charge is 2.19. The van der Waals surface area contributed by atoms with E-state index >= 15 is 0 Å². The van der Waals surface area contributed by atoms with Crippen LogP contribution in [-0.2, 0) is 0 Å². The smallest absolute Gasteiger partial charge is 0.259 e. The lowest BCUT2D eigenvalue weighted by molar-refractivity contribution is 0.0957. The molecule has 2 aromatic heterocycles. The van der Waals surface area contributed by atoms with Crippen LogP contribution in [0.5, 0.6) is 0 Å². The minimum absolute atomic E-state index is 0.144. The number of hydrogen-bond acceptors (Lipinski definition) is 5. The van der Waals surface area contributed by atoms with Gasteiger partial charge in [-0.05, 0) is 18.9 Å². The van der Waals surface area contributed by atoms with Crippen LogP contribution in [0.2, 0.25) is 0 Å². The second-order valence-electron chi connectivity index (χ2n) is 4.68. The molecule has 102 valence electrons. The van der Waals surface area contributed by atoms with Crippen molar-refractivity contribution in [2.75, 3.05) is 12.3 Å². The second-order valence-corrected chi connectivity index (χ2v) is 5.12. The average Bonchev–Trinajstić information content (AvgIpc) is 2.76. The summed E-state index contributed by atoms with van der Waals surface area (Å²) >= 11 is 4.08. The predicted octanol–water partition coefficient (Wildman–Crippen LogP) is 2.31. The largest absolute Gasteiger partial charge is 0.351 e. The molecule has 6 heteroatoms. The van der Waals surface area contributed by atoms with Crippen LogP contribution in [0.3, 0.4) is 0 Å². The molecule has 0 fully saturated rings. The number of aromatic nitrogens is 2. The first-order valence-electron chi connectivity index (χ1n) is 6.20. The van der Waals surface area contributed by atoms with Gasteiger partial charge in [-0.1, -0.05) is 19.0 Å². The van der Waals surface area contributed by atoms with E-state index < -0.39 is 0 Å². The summed E-state index contributed by atoms with van der Waals surface area (Å²) in [5.41, 5.74) is 2.47. The molecule has 0 aliphatic heterocycles. The van der Waals surface area contributed by atoms with Gasteiger partial charge < -0.3 is 9.84 Å². The predicted molar refractivity (Wildman–Crippen MR) is 76.8 cm³/mol. The number of fused-ring (bicyclic) bond motifs is 1. The van der Waals surface area contributed by atoms with Gasteiger partial charge in [-0.2, -0.15) is 12.6 Å². The maximum atomic E-state index is 12.2. The number of pyridine rings is 1. The fourth-order valence-electron chi connectivity index (χ4n) is 1.85. The fraction of sp³-hybridized carbons (Fsp3) is 0.462. The molecule has 19 heavy (non-hydrogen) atoms. The zero-order chi connectivity index (χ0) is 14.0. The SMILES string of the molecule is Cc1noc2nc(C(C)C)cc(C(=O)NCCS)c12. The average molecular weight is 279 g/mol. The van der Waals surface area contributed by atoms with Crippen LogP contribution in [0.15, 0.2) is 10.6 Å². The van der Waals surface area contributed by atoms with Crippen molar-refractivity contribution < 1.29 is 9.32 Å². The maximum Gasteiger partial charge on any atom is 0.259 e. The van der Waals surface area contributed by atoms with Gasteiger partial charge in [0.1, 0.15) is 0 Å². The van der Waals surface area contributed by atoms with Crippen LogP contribution in [0.1, 0.15) is 41.5 Å². The van der Waals surface area contributed by atoms with Gasteiger partial charge >= 0.3 is 0 Å². The van der Waals surface area contributed by atoms with Crippen molar-refractivity contribution in [3.8, 4) is 0 Å². The van der Waals surface area contributed by atoms with Gasteiger partial charge in [-0.3, -0.25) is 4.79 Å². The summed E-state index contributed by atoms with van der Waals surface area (Å²) in [7, 11) is 0. The Balaban J connectivity index is 2.55. The molecule has 0 atom stereocenters. The third kappa shape index (κ3) is 2.73. The Morgan fingerprint density at radius 2 is 2.26 bits per heavy atom. The van der Waals surface area contributed by atoms with Gasteiger partial charge in [-0.25, -0.2) is 4.98 Å². The van der Waals surface area contributed by atoms with E-state index in [0.717, 1.165) is 5.69 Å². The Bertz CT molecular complexity index is 607. The molecule has 0 aromatic carbocycles. The minimum Gasteiger partial charge on any atom is -0.351 e. The first-order chi connectivity index (χ1) is 9.04. The number of aryl methyl sites for hydroxylation is 1. The van der Waals surface area contributed by atoms with Crippen molar-refractivity contribution in [2.45, 2.75) is 26.7 Å². The molecule has 0 bridgehead atoms.